The van der Waals surface area contributed by atoms with Gasteiger partial charge < -0.3 is 31.9 Å². The maximum absolute atomic E-state index is 11.9. The zero-order valence-corrected chi connectivity index (χ0v) is 14.4. The van der Waals surface area contributed by atoms with Crippen LogP contribution in [-0.4, -0.2) is 70.9 Å². The molecule has 3 unspecified atom stereocenters. The van der Waals surface area contributed by atoms with E-state index in [1.54, 1.807) is 13.8 Å². The van der Waals surface area contributed by atoms with Crippen LogP contribution in [0.1, 0.15) is 13.8 Å². The maximum Gasteiger partial charge on any atom is 0.327 e. The van der Waals surface area contributed by atoms with E-state index < -0.39 is 55.0 Å². The molecule has 138 valence electrons. The highest BCUT2D eigenvalue weighted by Crippen LogP contribution is 1.98. The Labute approximate surface area is 144 Å². The molecule has 24 heavy (non-hydrogen) atoms. The normalized spacial score (nSPS) is 14.4. The lowest BCUT2D eigenvalue weighted by molar-refractivity contribution is -0.141. The highest BCUT2D eigenvalue weighted by atomic mass is 32.1. The molecule has 0 aliphatic heterocycles. The number of nitrogens with two attached hydrogens (primary N) is 1. The van der Waals surface area contributed by atoms with Gasteiger partial charge in [0, 0.05) is 5.75 Å². The quantitative estimate of drug-likeness (QED) is 0.203. The Morgan fingerprint density at radius 3 is 2.08 bits per heavy atom. The fourth-order valence-corrected chi connectivity index (χ4v) is 1.73. The molecule has 0 radical (unpaired) electrons. The Kier molecular flexibility index (Phi) is 10.0. The molecule has 7 N–H and O–H groups in total. The van der Waals surface area contributed by atoms with E-state index in [0.717, 1.165) is 0 Å². The third-order valence-corrected chi connectivity index (χ3v) is 3.44. The van der Waals surface area contributed by atoms with Gasteiger partial charge in [0.05, 0.1) is 19.2 Å². The van der Waals surface area contributed by atoms with Crippen molar-refractivity contribution < 1.29 is 29.4 Å². The van der Waals surface area contributed by atoms with Crippen molar-refractivity contribution in [3.8, 4) is 0 Å². The van der Waals surface area contributed by atoms with E-state index in [1.165, 1.54) is 0 Å². The van der Waals surface area contributed by atoms with E-state index in [0.29, 0.717) is 0 Å². The Morgan fingerprint density at radius 1 is 1.08 bits per heavy atom. The van der Waals surface area contributed by atoms with Crippen molar-refractivity contribution in [1.29, 1.82) is 0 Å². The lowest BCUT2D eigenvalue weighted by atomic mass is 10.0. The molecule has 3 amide bonds. The van der Waals surface area contributed by atoms with Crippen molar-refractivity contribution in [2.45, 2.75) is 32.0 Å². The third kappa shape index (κ3) is 7.62. The average molecular weight is 364 g/mol. The van der Waals surface area contributed by atoms with Crippen molar-refractivity contribution in [1.82, 2.24) is 16.0 Å². The van der Waals surface area contributed by atoms with Crippen molar-refractivity contribution in [2.24, 2.45) is 11.7 Å². The van der Waals surface area contributed by atoms with Gasteiger partial charge in [-0.2, -0.15) is 12.6 Å². The van der Waals surface area contributed by atoms with Crippen LogP contribution < -0.4 is 21.7 Å². The Bertz CT molecular complexity index is 473. The van der Waals surface area contributed by atoms with E-state index in [4.69, 9.17) is 10.8 Å². The number of amides is 3. The molecule has 0 aromatic rings. The number of hydrogen-bond donors (Lipinski definition) is 7. The molecule has 0 aliphatic rings. The number of rotatable bonds is 10. The molecule has 10 nitrogen and oxygen atoms in total. The standard InChI is InChI=1S/C13H24N4O6S/c1-6(2)10(14)12(21)17-7(4-18)11(20)15-3-9(19)16-8(5-24)13(22)23/h6-8,10,18,24H,3-5,14H2,1-2H3,(H,15,20)(H,16,19)(H,17,21)(H,22,23). The third-order valence-electron chi connectivity index (χ3n) is 3.08. The molecule has 0 saturated heterocycles. The summed E-state index contributed by atoms with van der Waals surface area (Å²) in [6, 6.07) is -3.30. The van der Waals surface area contributed by atoms with E-state index in [9.17, 15) is 24.3 Å². The number of aliphatic carboxylic acids is 1. The number of nitrogens with one attached hydrogen (secondary N) is 3. The van der Waals surface area contributed by atoms with Crippen LogP contribution in [-0.2, 0) is 19.2 Å². The number of aliphatic hydroxyl groups excluding tert-OH is 1. The van der Waals surface area contributed by atoms with E-state index >= 15 is 0 Å². The topological polar surface area (TPSA) is 171 Å². The SMILES string of the molecule is CC(C)C(N)C(=O)NC(CO)C(=O)NCC(=O)NC(CS)C(=O)O. The molecule has 0 aromatic carbocycles. The maximum atomic E-state index is 11.9. The number of aliphatic hydroxyl groups is 1. The molecule has 0 aliphatic carbocycles. The largest absolute Gasteiger partial charge is 0.480 e. The molecule has 0 saturated carbocycles. The molecule has 3 atom stereocenters. The fourth-order valence-electron chi connectivity index (χ4n) is 1.49. The summed E-state index contributed by atoms with van der Waals surface area (Å²) in [5, 5.41) is 24.6. The average Bonchev–Trinajstić information content (AvgIpc) is 2.53. The minimum atomic E-state index is -1.27. The summed E-state index contributed by atoms with van der Waals surface area (Å²) in [6.07, 6.45) is 0. The predicted molar refractivity (Wildman–Crippen MR) is 88.3 cm³/mol. The van der Waals surface area contributed by atoms with Crippen LogP contribution in [0.3, 0.4) is 0 Å². The van der Waals surface area contributed by atoms with Crippen molar-refractivity contribution >= 4 is 36.3 Å². The van der Waals surface area contributed by atoms with Gasteiger partial charge in [0.15, 0.2) is 0 Å². The van der Waals surface area contributed by atoms with Crippen LogP contribution in [0.15, 0.2) is 0 Å². The van der Waals surface area contributed by atoms with Gasteiger partial charge in [0.25, 0.3) is 0 Å². The van der Waals surface area contributed by atoms with Gasteiger partial charge in [-0.3, -0.25) is 14.4 Å². The number of carboxylic acids is 1. The lowest BCUT2D eigenvalue weighted by Gasteiger charge is -2.20. The lowest BCUT2D eigenvalue weighted by Crippen LogP contribution is -2.55. The first-order valence-electron chi connectivity index (χ1n) is 7.21. The number of carbonyl (C=O) groups is 4. The number of hydrogen-bond acceptors (Lipinski definition) is 7. The summed E-state index contributed by atoms with van der Waals surface area (Å²) in [7, 11) is 0. The van der Waals surface area contributed by atoms with Crippen LogP contribution >= 0.6 is 12.6 Å². The van der Waals surface area contributed by atoms with Crippen LogP contribution in [0.4, 0.5) is 0 Å². The molecule has 0 aromatic heterocycles. The molecule has 0 heterocycles. The predicted octanol–water partition coefficient (Wildman–Crippen LogP) is -2.94. The molecule has 11 heteroatoms. The van der Waals surface area contributed by atoms with Gasteiger partial charge in [0.1, 0.15) is 12.1 Å². The number of carboxylic acid groups (broad SMARTS) is 1. The fraction of sp³-hybridized carbons (Fsp3) is 0.692. The highest BCUT2D eigenvalue weighted by Gasteiger charge is 2.25. The number of carbonyl (C=O) groups excluding carboxylic acids is 3. The van der Waals surface area contributed by atoms with E-state index in [1.807, 2.05) is 0 Å². The van der Waals surface area contributed by atoms with Gasteiger partial charge in [0.2, 0.25) is 17.7 Å². The van der Waals surface area contributed by atoms with Crippen LogP contribution in [0.2, 0.25) is 0 Å². The monoisotopic (exact) mass is 364 g/mol. The summed E-state index contributed by atoms with van der Waals surface area (Å²) in [5.41, 5.74) is 5.63. The second-order valence-electron chi connectivity index (χ2n) is 5.37. The van der Waals surface area contributed by atoms with Gasteiger partial charge in [-0.25, -0.2) is 4.79 Å². The van der Waals surface area contributed by atoms with Crippen molar-refractivity contribution in [2.75, 3.05) is 18.9 Å². The second-order valence-corrected chi connectivity index (χ2v) is 5.74. The Balaban J connectivity index is 4.48. The molecule has 0 rings (SSSR count). The first-order chi connectivity index (χ1) is 11.1. The molecule has 0 bridgehead atoms. The van der Waals surface area contributed by atoms with E-state index in [-0.39, 0.29) is 11.7 Å². The highest BCUT2D eigenvalue weighted by molar-refractivity contribution is 7.80. The first-order valence-corrected chi connectivity index (χ1v) is 7.84. The smallest absolute Gasteiger partial charge is 0.327 e. The minimum absolute atomic E-state index is 0.114. The summed E-state index contributed by atoms with van der Waals surface area (Å²) in [4.78, 5) is 45.9. The molecular formula is C13H24N4O6S. The van der Waals surface area contributed by atoms with Gasteiger partial charge in [-0.05, 0) is 5.92 Å². The minimum Gasteiger partial charge on any atom is -0.480 e. The molecule has 0 fully saturated rings. The Hall–Kier alpha value is -1.85. The molecular weight excluding hydrogens is 340 g/mol. The van der Waals surface area contributed by atoms with Crippen LogP contribution in [0.25, 0.3) is 0 Å². The molecule has 0 spiro atoms. The summed E-state index contributed by atoms with van der Waals surface area (Å²) < 4.78 is 0. The Morgan fingerprint density at radius 2 is 1.67 bits per heavy atom. The summed E-state index contributed by atoms with van der Waals surface area (Å²) in [6.45, 7) is 2.25. The summed E-state index contributed by atoms with van der Waals surface area (Å²) >= 11 is 3.78. The van der Waals surface area contributed by atoms with Crippen molar-refractivity contribution in [3.05, 3.63) is 0 Å². The van der Waals surface area contributed by atoms with Crippen LogP contribution in [0, 0.1) is 5.92 Å². The second kappa shape index (κ2) is 10.8. The van der Waals surface area contributed by atoms with Gasteiger partial charge in [-0.1, -0.05) is 13.8 Å². The zero-order valence-electron chi connectivity index (χ0n) is 13.5. The van der Waals surface area contributed by atoms with Gasteiger partial charge >= 0.3 is 5.97 Å². The van der Waals surface area contributed by atoms with Gasteiger partial charge in [-0.15, -0.1) is 0 Å². The van der Waals surface area contributed by atoms with Crippen LogP contribution in [0.5, 0.6) is 0 Å². The van der Waals surface area contributed by atoms with E-state index in [2.05, 4.69) is 28.6 Å². The summed E-state index contributed by atoms with van der Waals surface area (Å²) in [5.74, 6) is -3.68. The number of thiol groups is 1. The zero-order chi connectivity index (χ0) is 18.9. The van der Waals surface area contributed by atoms with Crippen molar-refractivity contribution in [3.63, 3.8) is 0 Å². The first kappa shape index (κ1) is 22.1.